The van der Waals surface area contributed by atoms with E-state index in [4.69, 9.17) is 16.3 Å². The number of amides is 1. The fourth-order valence-corrected chi connectivity index (χ4v) is 3.22. The molecule has 0 N–H and O–H groups in total. The van der Waals surface area contributed by atoms with Gasteiger partial charge in [0.2, 0.25) is 5.91 Å². The molecule has 1 aromatic carbocycles. The molecular weight excluding hydrogens is 274 g/mol. The lowest BCUT2D eigenvalue weighted by atomic mass is 9.87. The third kappa shape index (κ3) is 3.09. The van der Waals surface area contributed by atoms with E-state index in [2.05, 4.69) is 6.92 Å². The first kappa shape index (κ1) is 15.2. The third-order valence-corrected chi connectivity index (χ3v) is 4.46. The molecular formula is C16H22ClNO2. The maximum Gasteiger partial charge on any atom is 0.228 e. The molecule has 0 atom stereocenters. The van der Waals surface area contributed by atoms with Crippen molar-refractivity contribution in [2.75, 3.05) is 14.2 Å². The van der Waals surface area contributed by atoms with Gasteiger partial charge < -0.3 is 9.64 Å². The lowest BCUT2D eigenvalue weighted by Crippen LogP contribution is -2.38. The second-order valence-corrected chi connectivity index (χ2v) is 6.32. The van der Waals surface area contributed by atoms with E-state index in [9.17, 15) is 4.79 Å². The van der Waals surface area contributed by atoms with E-state index in [0.717, 1.165) is 37.0 Å². The molecule has 1 aromatic rings. The molecule has 1 fully saturated rings. The SMILES string of the molecule is COc1ccc(Cl)cc1CN(C)C(=O)C1(C)CCCC1. The van der Waals surface area contributed by atoms with Crippen molar-refractivity contribution in [1.82, 2.24) is 4.90 Å². The molecule has 0 unspecified atom stereocenters. The van der Waals surface area contributed by atoms with Crippen LogP contribution in [0.5, 0.6) is 5.75 Å². The lowest BCUT2D eigenvalue weighted by Gasteiger charge is -2.29. The van der Waals surface area contributed by atoms with Crippen LogP contribution in [0.15, 0.2) is 18.2 Å². The Bertz CT molecular complexity index is 495. The van der Waals surface area contributed by atoms with Gasteiger partial charge in [-0.05, 0) is 31.0 Å². The Morgan fingerprint density at radius 3 is 2.65 bits per heavy atom. The van der Waals surface area contributed by atoms with Crippen molar-refractivity contribution in [3.63, 3.8) is 0 Å². The number of benzene rings is 1. The number of hydrogen-bond donors (Lipinski definition) is 0. The van der Waals surface area contributed by atoms with Gasteiger partial charge in [0.15, 0.2) is 0 Å². The van der Waals surface area contributed by atoms with Crippen LogP contribution in [-0.4, -0.2) is 25.0 Å². The summed E-state index contributed by atoms with van der Waals surface area (Å²) in [5.74, 6) is 0.989. The minimum Gasteiger partial charge on any atom is -0.496 e. The Balaban J connectivity index is 2.13. The Kier molecular flexibility index (Phi) is 4.59. The van der Waals surface area contributed by atoms with Crippen molar-refractivity contribution in [2.24, 2.45) is 5.41 Å². The normalized spacial score (nSPS) is 17.0. The summed E-state index contributed by atoms with van der Waals surface area (Å²) in [5.41, 5.74) is 0.748. The van der Waals surface area contributed by atoms with E-state index >= 15 is 0 Å². The van der Waals surface area contributed by atoms with Crippen molar-refractivity contribution in [2.45, 2.75) is 39.2 Å². The van der Waals surface area contributed by atoms with Gasteiger partial charge in [-0.1, -0.05) is 31.4 Å². The fourth-order valence-electron chi connectivity index (χ4n) is 3.03. The van der Waals surface area contributed by atoms with E-state index in [1.807, 2.05) is 19.2 Å². The van der Waals surface area contributed by atoms with E-state index in [1.165, 1.54) is 0 Å². The number of halogens is 1. The Morgan fingerprint density at radius 1 is 1.40 bits per heavy atom. The van der Waals surface area contributed by atoms with Crippen molar-refractivity contribution in [3.8, 4) is 5.75 Å². The van der Waals surface area contributed by atoms with Crippen LogP contribution in [0.2, 0.25) is 5.02 Å². The van der Waals surface area contributed by atoms with E-state index in [0.29, 0.717) is 11.6 Å². The first-order chi connectivity index (χ1) is 9.46. The molecule has 1 saturated carbocycles. The lowest BCUT2D eigenvalue weighted by molar-refractivity contribution is -0.140. The molecule has 1 aliphatic rings. The molecule has 0 aliphatic heterocycles. The van der Waals surface area contributed by atoms with Crippen LogP contribution >= 0.6 is 11.6 Å². The number of ether oxygens (including phenoxy) is 1. The van der Waals surface area contributed by atoms with E-state index in [1.54, 1.807) is 18.1 Å². The standard InChI is InChI=1S/C16H22ClNO2/c1-16(8-4-5-9-16)15(19)18(2)11-12-10-13(17)6-7-14(12)20-3/h6-7,10H,4-5,8-9,11H2,1-3H3. The molecule has 20 heavy (non-hydrogen) atoms. The van der Waals surface area contributed by atoms with Crippen molar-refractivity contribution >= 4 is 17.5 Å². The molecule has 0 aromatic heterocycles. The van der Waals surface area contributed by atoms with Crippen molar-refractivity contribution < 1.29 is 9.53 Å². The minimum absolute atomic E-state index is 0.194. The number of rotatable bonds is 4. The molecule has 1 aliphatic carbocycles. The molecule has 0 spiro atoms. The average molecular weight is 296 g/mol. The number of nitrogens with zero attached hydrogens (tertiary/aromatic N) is 1. The quantitative estimate of drug-likeness (QED) is 0.843. The summed E-state index contributed by atoms with van der Waals surface area (Å²) in [6, 6.07) is 5.50. The minimum atomic E-state index is -0.194. The second-order valence-electron chi connectivity index (χ2n) is 5.89. The molecule has 1 amide bonds. The average Bonchev–Trinajstić information content (AvgIpc) is 2.86. The topological polar surface area (TPSA) is 29.5 Å². The van der Waals surface area contributed by atoms with Gasteiger partial charge in [0.1, 0.15) is 5.75 Å². The molecule has 110 valence electrons. The van der Waals surface area contributed by atoms with Gasteiger partial charge >= 0.3 is 0 Å². The highest BCUT2D eigenvalue weighted by molar-refractivity contribution is 6.30. The monoisotopic (exact) mass is 295 g/mol. The van der Waals surface area contributed by atoms with Crippen LogP contribution in [0.3, 0.4) is 0 Å². The number of methoxy groups -OCH3 is 1. The summed E-state index contributed by atoms with van der Waals surface area (Å²) < 4.78 is 5.33. The molecule has 0 bridgehead atoms. The smallest absolute Gasteiger partial charge is 0.228 e. The van der Waals surface area contributed by atoms with E-state index < -0.39 is 0 Å². The van der Waals surface area contributed by atoms with Crippen LogP contribution in [0.1, 0.15) is 38.2 Å². The van der Waals surface area contributed by atoms with Gasteiger partial charge in [-0.2, -0.15) is 0 Å². The molecule has 3 nitrogen and oxygen atoms in total. The summed E-state index contributed by atoms with van der Waals surface area (Å²) in [6.07, 6.45) is 4.28. The maximum atomic E-state index is 12.6. The van der Waals surface area contributed by atoms with Crippen LogP contribution in [-0.2, 0) is 11.3 Å². The third-order valence-electron chi connectivity index (χ3n) is 4.22. The van der Waals surface area contributed by atoms with Gasteiger partial charge in [0, 0.05) is 29.6 Å². The highest BCUT2D eigenvalue weighted by Crippen LogP contribution is 2.39. The van der Waals surface area contributed by atoms with Crippen molar-refractivity contribution in [1.29, 1.82) is 0 Å². The molecule has 0 heterocycles. The number of carbonyl (C=O) groups excluding carboxylic acids is 1. The molecule has 0 saturated heterocycles. The zero-order valence-corrected chi connectivity index (χ0v) is 13.2. The molecule has 4 heteroatoms. The highest BCUT2D eigenvalue weighted by atomic mass is 35.5. The summed E-state index contributed by atoms with van der Waals surface area (Å²) in [7, 11) is 3.49. The van der Waals surface area contributed by atoms with Gasteiger partial charge in [0.05, 0.1) is 7.11 Å². The highest BCUT2D eigenvalue weighted by Gasteiger charge is 2.38. The zero-order chi connectivity index (χ0) is 14.8. The Labute approximate surface area is 125 Å². The van der Waals surface area contributed by atoms with Crippen LogP contribution in [0, 0.1) is 5.41 Å². The summed E-state index contributed by atoms with van der Waals surface area (Å²) in [5, 5.41) is 0.661. The largest absolute Gasteiger partial charge is 0.496 e. The Morgan fingerprint density at radius 2 is 2.05 bits per heavy atom. The first-order valence-electron chi connectivity index (χ1n) is 7.04. The predicted octanol–water partition coefficient (Wildman–Crippen LogP) is 3.89. The van der Waals surface area contributed by atoms with Crippen molar-refractivity contribution in [3.05, 3.63) is 28.8 Å². The summed E-state index contributed by atoms with van der Waals surface area (Å²) in [4.78, 5) is 14.4. The molecule has 2 rings (SSSR count). The Hall–Kier alpha value is -1.22. The second kappa shape index (κ2) is 6.04. The number of carbonyl (C=O) groups is 1. The van der Waals surface area contributed by atoms with Crippen LogP contribution < -0.4 is 4.74 Å². The van der Waals surface area contributed by atoms with Crippen LogP contribution in [0.25, 0.3) is 0 Å². The van der Waals surface area contributed by atoms with E-state index in [-0.39, 0.29) is 11.3 Å². The van der Waals surface area contributed by atoms with Gasteiger partial charge in [-0.3, -0.25) is 4.79 Å². The molecule has 0 radical (unpaired) electrons. The summed E-state index contributed by atoms with van der Waals surface area (Å²) in [6.45, 7) is 2.60. The zero-order valence-electron chi connectivity index (χ0n) is 12.4. The van der Waals surface area contributed by atoms with Gasteiger partial charge in [-0.25, -0.2) is 0 Å². The first-order valence-corrected chi connectivity index (χ1v) is 7.42. The summed E-state index contributed by atoms with van der Waals surface area (Å²) >= 11 is 6.03. The maximum absolute atomic E-state index is 12.6. The predicted molar refractivity (Wildman–Crippen MR) is 81.1 cm³/mol. The van der Waals surface area contributed by atoms with Gasteiger partial charge in [0.25, 0.3) is 0 Å². The van der Waals surface area contributed by atoms with Gasteiger partial charge in [-0.15, -0.1) is 0 Å². The number of hydrogen-bond acceptors (Lipinski definition) is 2. The van der Waals surface area contributed by atoms with Crippen LogP contribution in [0.4, 0.5) is 0 Å². The fraction of sp³-hybridized carbons (Fsp3) is 0.562.